The van der Waals surface area contributed by atoms with Gasteiger partial charge < -0.3 is 5.73 Å². The minimum atomic E-state index is -0.793. The third-order valence-corrected chi connectivity index (χ3v) is 3.93. The summed E-state index contributed by atoms with van der Waals surface area (Å²) in [5.74, 6) is -0.378. The SMILES string of the molecule is CC(N)(c1ccc(F)cn1)c1sccc1Cl. The first-order valence-electron chi connectivity index (χ1n) is 4.66. The summed E-state index contributed by atoms with van der Waals surface area (Å²) in [4.78, 5) is 4.82. The molecule has 0 aliphatic rings. The van der Waals surface area contributed by atoms with Crippen LogP contribution in [0.1, 0.15) is 17.5 Å². The molecule has 84 valence electrons. The molecule has 0 fully saturated rings. The average Bonchev–Trinajstić information content (AvgIpc) is 2.66. The average molecular weight is 257 g/mol. The number of hydrogen-bond donors (Lipinski definition) is 1. The number of nitrogens with zero attached hydrogens (tertiary/aromatic N) is 1. The molecule has 2 N–H and O–H groups in total. The molecule has 5 heteroatoms. The van der Waals surface area contributed by atoms with Crippen LogP contribution in [0, 0.1) is 5.82 Å². The van der Waals surface area contributed by atoms with Gasteiger partial charge in [-0.3, -0.25) is 4.98 Å². The molecule has 0 aromatic carbocycles. The Morgan fingerprint density at radius 3 is 2.69 bits per heavy atom. The van der Waals surface area contributed by atoms with E-state index in [1.807, 2.05) is 12.3 Å². The molecule has 0 amide bonds. The van der Waals surface area contributed by atoms with E-state index in [0.717, 1.165) is 11.1 Å². The highest BCUT2D eigenvalue weighted by molar-refractivity contribution is 7.10. The quantitative estimate of drug-likeness (QED) is 0.897. The molecule has 0 radical (unpaired) electrons. The Hall–Kier alpha value is -0.970. The normalized spacial score (nSPS) is 14.8. The molecular formula is C11H10ClFN2S. The second-order valence-corrected chi connectivity index (χ2v) is 4.98. The summed E-state index contributed by atoms with van der Waals surface area (Å²) in [5.41, 5.74) is 6.00. The first kappa shape index (κ1) is 11.5. The highest BCUT2D eigenvalue weighted by atomic mass is 35.5. The predicted molar refractivity (Wildman–Crippen MR) is 64.2 cm³/mol. The van der Waals surface area contributed by atoms with Crippen LogP contribution in [0.4, 0.5) is 4.39 Å². The number of hydrogen-bond acceptors (Lipinski definition) is 3. The molecule has 0 spiro atoms. The van der Waals surface area contributed by atoms with Crippen LogP contribution in [-0.2, 0) is 5.54 Å². The van der Waals surface area contributed by atoms with E-state index >= 15 is 0 Å². The van der Waals surface area contributed by atoms with Gasteiger partial charge in [0, 0.05) is 4.88 Å². The molecule has 1 unspecified atom stereocenters. The van der Waals surface area contributed by atoms with Crippen LogP contribution < -0.4 is 5.73 Å². The number of nitrogens with two attached hydrogens (primary N) is 1. The van der Waals surface area contributed by atoms with E-state index in [0.29, 0.717) is 10.7 Å². The summed E-state index contributed by atoms with van der Waals surface area (Å²) in [6, 6.07) is 4.70. The molecular weight excluding hydrogens is 247 g/mol. The van der Waals surface area contributed by atoms with Gasteiger partial charge in [-0.15, -0.1) is 11.3 Å². The van der Waals surface area contributed by atoms with E-state index < -0.39 is 5.54 Å². The maximum absolute atomic E-state index is 12.8. The zero-order chi connectivity index (χ0) is 11.8. The van der Waals surface area contributed by atoms with Gasteiger partial charge in [0.25, 0.3) is 0 Å². The van der Waals surface area contributed by atoms with E-state index in [2.05, 4.69) is 4.98 Å². The predicted octanol–water partition coefficient (Wildman–Crippen LogP) is 3.16. The van der Waals surface area contributed by atoms with Crippen molar-refractivity contribution in [3.8, 4) is 0 Å². The lowest BCUT2D eigenvalue weighted by molar-refractivity contribution is 0.577. The summed E-state index contributed by atoms with van der Waals surface area (Å²) in [6.45, 7) is 1.81. The Bertz CT molecular complexity index is 493. The molecule has 2 aromatic heterocycles. The molecule has 0 bridgehead atoms. The Morgan fingerprint density at radius 1 is 1.44 bits per heavy atom. The fourth-order valence-electron chi connectivity index (χ4n) is 1.46. The molecule has 16 heavy (non-hydrogen) atoms. The third kappa shape index (κ3) is 1.96. The molecule has 2 aromatic rings. The van der Waals surface area contributed by atoms with Crippen molar-refractivity contribution >= 4 is 22.9 Å². The summed E-state index contributed by atoms with van der Waals surface area (Å²) in [5, 5.41) is 2.48. The monoisotopic (exact) mass is 256 g/mol. The Labute approximate surface area is 102 Å². The summed E-state index contributed by atoms with van der Waals surface area (Å²) in [7, 11) is 0. The van der Waals surface area contributed by atoms with Crippen LogP contribution in [0.3, 0.4) is 0 Å². The van der Waals surface area contributed by atoms with Gasteiger partial charge in [0.05, 0.1) is 22.5 Å². The first-order valence-corrected chi connectivity index (χ1v) is 5.92. The standard InChI is InChI=1S/C11H10ClFN2S/c1-11(14,10-8(12)4-5-16-10)9-3-2-7(13)6-15-9/h2-6H,14H2,1H3. The van der Waals surface area contributed by atoms with Gasteiger partial charge in [0.1, 0.15) is 5.82 Å². The van der Waals surface area contributed by atoms with Crippen LogP contribution in [0.15, 0.2) is 29.8 Å². The minimum Gasteiger partial charge on any atom is -0.316 e. The van der Waals surface area contributed by atoms with Crippen molar-refractivity contribution in [3.05, 3.63) is 51.2 Å². The Kier molecular flexibility index (Phi) is 2.97. The topological polar surface area (TPSA) is 38.9 Å². The molecule has 0 aliphatic heterocycles. The molecule has 0 saturated carbocycles. The van der Waals surface area contributed by atoms with Crippen molar-refractivity contribution in [1.82, 2.24) is 4.98 Å². The van der Waals surface area contributed by atoms with Gasteiger partial charge in [0.2, 0.25) is 0 Å². The van der Waals surface area contributed by atoms with E-state index in [1.165, 1.54) is 17.4 Å². The summed E-state index contributed by atoms with van der Waals surface area (Å²) in [6.07, 6.45) is 1.15. The molecule has 1 atom stereocenters. The van der Waals surface area contributed by atoms with Crippen LogP contribution in [0.5, 0.6) is 0 Å². The van der Waals surface area contributed by atoms with Crippen LogP contribution >= 0.6 is 22.9 Å². The lowest BCUT2D eigenvalue weighted by atomic mass is 9.96. The highest BCUT2D eigenvalue weighted by Crippen LogP contribution is 2.34. The van der Waals surface area contributed by atoms with Crippen molar-refractivity contribution in [1.29, 1.82) is 0 Å². The fourth-order valence-corrected chi connectivity index (χ4v) is 2.80. The van der Waals surface area contributed by atoms with Crippen molar-refractivity contribution in [2.75, 3.05) is 0 Å². The lowest BCUT2D eigenvalue weighted by Crippen LogP contribution is -2.34. The van der Waals surface area contributed by atoms with Gasteiger partial charge in [-0.2, -0.15) is 0 Å². The van der Waals surface area contributed by atoms with Crippen LogP contribution in [0.25, 0.3) is 0 Å². The van der Waals surface area contributed by atoms with Gasteiger partial charge in [-0.1, -0.05) is 11.6 Å². The smallest absolute Gasteiger partial charge is 0.141 e. The van der Waals surface area contributed by atoms with Gasteiger partial charge in [-0.25, -0.2) is 4.39 Å². The maximum Gasteiger partial charge on any atom is 0.141 e. The minimum absolute atomic E-state index is 0.378. The largest absolute Gasteiger partial charge is 0.316 e. The van der Waals surface area contributed by atoms with Crippen molar-refractivity contribution < 1.29 is 4.39 Å². The molecule has 2 heterocycles. The van der Waals surface area contributed by atoms with Gasteiger partial charge >= 0.3 is 0 Å². The lowest BCUT2D eigenvalue weighted by Gasteiger charge is -2.23. The molecule has 0 aliphatic carbocycles. The van der Waals surface area contributed by atoms with Crippen molar-refractivity contribution in [3.63, 3.8) is 0 Å². The van der Waals surface area contributed by atoms with E-state index in [1.54, 1.807) is 12.1 Å². The van der Waals surface area contributed by atoms with E-state index in [-0.39, 0.29) is 5.82 Å². The van der Waals surface area contributed by atoms with E-state index in [4.69, 9.17) is 17.3 Å². The summed E-state index contributed by atoms with van der Waals surface area (Å²) < 4.78 is 12.8. The fraction of sp³-hybridized carbons (Fsp3) is 0.182. The van der Waals surface area contributed by atoms with Gasteiger partial charge in [-0.05, 0) is 30.5 Å². The number of thiophene rings is 1. The second kappa shape index (κ2) is 4.13. The summed E-state index contributed by atoms with van der Waals surface area (Å²) >= 11 is 7.50. The van der Waals surface area contributed by atoms with E-state index in [9.17, 15) is 4.39 Å². The zero-order valence-corrected chi connectivity index (χ0v) is 10.1. The number of aromatic nitrogens is 1. The second-order valence-electron chi connectivity index (χ2n) is 3.66. The van der Waals surface area contributed by atoms with Gasteiger partial charge in [0.15, 0.2) is 0 Å². The molecule has 0 saturated heterocycles. The molecule has 2 rings (SSSR count). The number of rotatable bonds is 2. The first-order chi connectivity index (χ1) is 7.51. The maximum atomic E-state index is 12.8. The number of halogens is 2. The third-order valence-electron chi connectivity index (χ3n) is 2.35. The number of pyridine rings is 1. The van der Waals surface area contributed by atoms with Crippen LogP contribution in [-0.4, -0.2) is 4.98 Å². The van der Waals surface area contributed by atoms with Crippen molar-refractivity contribution in [2.24, 2.45) is 5.73 Å². The highest BCUT2D eigenvalue weighted by Gasteiger charge is 2.28. The zero-order valence-electron chi connectivity index (χ0n) is 8.58. The van der Waals surface area contributed by atoms with Crippen molar-refractivity contribution in [2.45, 2.75) is 12.5 Å². The van der Waals surface area contributed by atoms with Crippen LogP contribution in [0.2, 0.25) is 5.02 Å². The Morgan fingerprint density at radius 2 is 2.19 bits per heavy atom. The molecule has 2 nitrogen and oxygen atoms in total. The Balaban J connectivity index is 2.46.